The maximum atomic E-state index is 4.68. The number of aromatic nitrogens is 2. The van der Waals surface area contributed by atoms with E-state index in [2.05, 4.69) is 54.1 Å². The van der Waals surface area contributed by atoms with Crippen LogP contribution in [0.2, 0.25) is 0 Å². The molecule has 0 radical (unpaired) electrons. The summed E-state index contributed by atoms with van der Waals surface area (Å²) in [5.41, 5.74) is 6.61. The molecule has 0 unspecified atom stereocenters. The van der Waals surface area contributed by atoms with Crippen molar-refractivity contribution in [1.82, 2.24) is 15.1 Å². The predicted molar refractivity (Wildman–Crippen MR) is 83.0 cm³/mol. The van der Waals surface area contributed by atoms with E-state index in [-0.39, 0.29) is 0 Å². The van der Waals surface area contributed by atoms with E-state index in [0.29, 0.717) is 6.04 Å². The second-order valence-corrected chi connectivity index (χ2v) is 5.82. The first-order valence-corrected chi connectivity index (χ1v) is 7.50. The van der Waals surface area contributed by atoms with E-state index in [1.54, 1.807) is 0 Å². The van der Waals surface area contributed by atoms with Crippen LogP contribution >= 0.6 is 0 Å². The van der Waals surface area contributed by atoms with E-state index in [4.69, 9.17) is 0 Å². The Morgan fingerprint density at radius 3 is 2.60 bits per heavy atom. The van der Waals surface area contributed by atoms with Crippen LogP contribution in [0, 0.1) is 20.8 Å². The van der Waals surface area contributed by atoms with Gasteiger partial charge in [-0.25, -0.2) is 0 Å². The topological polar surface area (TPSA) is 29.9 Å². The molecule has 2 heterocycles. The SMILES string of the molecule is Cc1cccc(-c2cnn(C3CCNCC3)c2C)c1C. The van der Waals surface area contributed by atoms with Gasteiger partial charge in [0.25, 0.3) is 0 Å². The molecule has 3 heteroatoms. The summed E-state index contributed by atoms with van der Waals surface area (Å²) in [6, 6.07) is 7.07. The molecule has 0 saturated carbocycles. The molecule has 3 nitrogen and oxygen atoms in total. The van der Waals surface area contributed by atoms with Crippen LogP contribution in [0.15, 0.2) is 24.4 Å². The summed E-state index contributed by atoms with van der Waals surface area (Å²) in [5, 5.41) is 8.09. The Morgan fingerprint density at radius 2 is 1.85 bits per heavy atom. The summed E-state index contributed by atoms with van der Waals surface area (Å²) in [6.07, 6.45) is 4.39. The average Bonchev–Trinajstić information content (AvgIpc) is 2.85. The highest BCUT2D eigenvalue weighted by Gasteiger charge is 2.19. The van der Waals surface area contributed by atoms with Crippen molar-refractivity contribution in [3.8, 4) is 11.1 Å². The molecule has 1 aliphatic rings. The largest absolute Gasteiger partial charge is 0.317 e. The normalized spacial score (nSPS) is 16.6. The lowest BCUT2D eigenvalue weighted by molar-refractivity contribution is 0.338. The third kappa shape index (κ3) is 2.27. The van der Waals surface area contributed by atoms with Gasteiger partial charge >= 0.3 is 0 Å². The van der Waals surface area contributed by atoms with Gasteiger partial charge in [0.1, 0.15) is 0 Å². The third-order valence-electron chi connectivity index (χ3n) is 4.59. The predicted octanol–water partition coefficient (Wildman–Crippen LogP) is 3.40. The van der Waals surface area contributed by atoms with Crippen LogP contribution < -0.4 is 5.32 Å². The van der Waals surface area contributed by atoms with Crippen molar-refractivity contribution in [2.45, 2.75) is 39.7 Å². The molecule has 1 N–H and O–H groups in total. The Labute approximate surface area is 121 Å². The standard InChI is InChI=1S/C17H23N3/c1-12-5-4-6-16(13(12)2)17-11-19-20(14(17)3)15-7-9-18-10-8-15/h4-6,11,15,18H,7-10H2,1-3H3. The van der Waals surface area contributed by atoms with Gasteiger partial charge in [0, 0.05) is 11.3 Å². The fourth-order valence-corrected chi connectivity index (χ4v) is 3.15. The first-order chi connectivity index (χ1) is 9.68. The molecule has 0 aliphatic carbocycles. The molecule has 2 aromatic rings. The first kappa shape index (κ1) is 13.4. The summed E-state index contributed by atoms with van der Waals surface area (Å²) < 4.78 is 2.23. The summed E-state index contributed by atoms with van der Waals surface area (Å²) in [4.78, 5) is 0. The summed E-state index contributed by atoms with van der Waals surface area (Å²) in [6.45, 7) is 8.77. The molecular weight excluding hydrogens is 246 g/mol. The highest BCUT2D eigenvalue weighted by molar-refractivity contribution is 5.69. The number of benzene rings is 1. The molecule has 1 aromatic heterocycles. The van der Waals surface area contributed by atoms with Crippen molar-refractivity contribution in [2.75, 3.05) is 13.1 Å². The van der Waals surface area contributed by atoms with Crippen LogP contribution in [0.1, 0.15) is 35.7 Å². The number of rotatable bonds is 2. The lowest BCUT2D eigenvalue weighted by atomic mass is 9.97. The van der Waals surface area contributed by atoms with Gasteiger partial charge in [0.05, 0.1) is 12.2 Å². The van der Waals surface area contributed by atoms with Crippen LogP contribution in [-0.2, 0) is 0 Å². The first-order valence-electron chi connectivity index (χ1n) is 7.50. The molecule has 1 aliphatic heterocycles. The number of nitrogens with one attached hydrogen (secondary N) is 1. The van der Waals surface area contributed by atoms with E-state index in [9.17, 15) is 0 Å². The molecule has 0 bridgehead atoms. The second kappa shape index (κ2) is 5.41. The van der Waals surface area contributed by atoms with Gasteiger partial charge in [-0.15, -0.1) is 0 Å². The summed E-state index contributed by atoms with van der Waals surface area (Å²) in [5.74, 6) is 0. The van der Waals surface area contributed by atoms with Crippen molar-refractivity contribution in [2.24, 2.45) is 0 Å². The van der Waals surface area contributed by atoms with Crippen molar-refractivity contribution in [3.05, 3.63) is 41.2 Å². The zero-order chi connectivity index (χ0) is 14.1. The quantitative estimate of drug-likeness (QED) is 0.905. The van der Waals surface area contributed by atoms with Gasteiger partial charge in [0.15, 0.2) is 0 Å². The van der Waals surface area contributed by atoms with Gasteiger partial charge in [0.2, 0.25) is 0 Å². The number of hydrogen-bond acceptors (Lipinski definition) is 2. The molecular formula is C17H23N3. The Balaban J connectivity index is 1.99. The summed E-state index contributed by atoms with van der Waals surface area (Å²) in [7, 11) is 0. The highest BCUT2D eigenvalue weighted by atomic mass is 15.3. The Morgan fingerprint density at radius 1 is 1.10 bits per heavy atom. The van der Waals surface area contributed by atoms with E-state index >= 15 is 0 Å². The maximum absolute atomic E-state index is 4.68. The average molecular weight is 269 g/mol. The van der Waals surface area contributed by atoms with E-state index in [1.807, 2.05) is 6.20 Å². The smallest absolute Gasteiger partial charge is 0.0571 e. The van der Waals surface area contributed by atoms with E-state index in [1.165, 1.54) is 40.8 Å². The van der Waals surface area contributed by atoms with Crippen LogP contribution in [0.4, 0.5) is 0 Å². The highest BCUT2D eigenvalue weighted by Crippen LogP contribution is 2.30. The molecule has 1 fully saturated rings. The van der Waals surface area contributed by atoms with Crippen molar-refractivity contribution < 1.29 is 0 Å². The number of piperidine rings is 1. The van der Waals surface area contributed by atoms with Gasteiger partial charge in [-0.3, -0.25) is 4.68 Å². The zero-order valence-electron chi connectivity index (χ0n) is 12.6. The fraction of sp³-hybridized carbons (Fsp3) is 0.471. The van der Waals surface area contributed by atoms with Crippen LogP contribution in [0.5, 0.6) is 0 Å². The Hall–Kier alpha value is -1.61. The minimum absolute atomic E-state index is 0.551. The van der Waals surface area contributed by atoms with Crippen molar-refractivity contribution in [1.29, 1.82) is 0 Å². The molecule has 1 aromatic carbocycles. The fourth-order valence-electron chi connectivity index (χ4n) is 3.15. The lowest BCUT2D eigenvalue weighted by Gasteiger charge is -2.24. The van der Waals surface area contributed by atoms with Crippen LogP contribution in [-0.4, -0.2) is 22.9 Å². The Kier molecular flexibility index (Phi) is 3.62. The van der Waals surface area contributed by atoms with E-state index < -0.39 is 0 Å². The maximum Gasteiger partial charge on any atom is 0.0571 e. The van der Waals surface area contributed by atoms with Gasteiger partial charge in [-0.2, -0.15) is 5.10 Å². The Bertz CT molecular complexity index is 607. The molecule has 20 heavy (non-hydrogen) atoms. The van der Waals surface area contributed by atoms with Gasteiger partial charge in [-0.1, -0.05) is 18.2 Å². The second-order valence-electron chi connectivity index (χ2n) is 5.82. The molecule has 0 atom stereocenters. The monoisotopic (exact) mass is 269 g/mol. The third-order valence-corrected chi connectivity index (χ3v) is 4.59. The van der Waals surface area contributed by atoms with Gasteiger partial charge < -0.3 is 5.32 Å². The number of aryl methyl sites for hydroxylation is 1. The lowest BCUT2D eigenvalue weighted by Crippen LogP contribution is -2.30. The number of nitrogens with zero attached hydrogens (tertiary/aromatic N) is 2. The van der Waals surface area contributed by atoms with Crippen molar-refractivity contribution >= 4 is 0 Å². The summed E-state index contributed by atoms with van der Waals surface area (Å²) >= 11 is 0. The molecule has 0 amide bonds. The van der Waals surface area contributed by atoms with E-state index in [0.717, 1.165) is 13.1 Å². The van der Waals surface area contributed by atoms with Crippen molar-refractivity contribution in [3.63, 3.8) is 0 Å². The minimum Gasteiger partial charge on any atom is -0.317 e. The van der Waals surface area contributed by atoms with Crippen LogP contribution in [0.25, 0.3) is 11.1 Å². The zero-order valence-corrected chi connectivity index (χ0v) is 12.6. The molecule has 3 rings (SSSR count). The van der Waals surface area contributed by atoms with Crippen LogP contribution in [0.3, 0.4) is 0 Å². The molecule has 0 spiro atoms. The molecule has 1 saturated heterocycles. The van der Waals surface area contributed by atoms with Gasteiger partial charge in [-0.05, 0) is 63.4 Å². The number of hydrogen-bond donors (Lipinski definition) is 1. The minimum atomic E-state index is 0.551. The molecule has 106 valence electrons.